The molecule has 0 fully saturated rings. The number of carbonyl (C=O) groups is 1. The molecule has 0 spiro atoms. The molecule has 6 nitrogen and oxygen atoms in total. The summed E-state index contributed by atoms with van der Waals surface area (Å²) in [5.74, 6) is -0.0157. The van der Waals surface area contributed by atoms with Gasteiger partial charge in [0.1, 0.15) is 0 Å². The van der Waals surface area contributed by atoms with Crippen LogP contribution in [0, 0.1) is 0 Å². The van der Waals surface area contributed by atoms with Gasteiger partial charge in [-0.25, -0.2) is 0 Å². The molecule has 0 aromatic rings. The number of nitrogens with zero attached hydrogens (tertiary/aromatic N) is 1. The van der Waals surface area contributed by atoms with Crippen LogP contribution >= 0.6 is 0 Å². The highest BCUT2D eigenvalue weighted by Crippen LogP contribution is 2.15. The average Bonchev–Trinajstić information content (AvgIpc) is 3.11. The lowest BCUT2D eigenvalue weighted by atomic mass is 10.1. The molecular formula is C43H87NO5. The normalized spacial score (nSPS) is 11.7. The first-order chi connectivity index (χ1) is 24.2. The number of hydrogen-bond acceptors (Lipinski definition) is 6. The summed E-state index contributed by atoms with van der Waals surface area (Å²) in [5, 5.41) is 9.41. The molecular weight excluding hydrogens is 610 g/mol. The van der Waals surface area contributed by atoms with Gasteiger partial charge >= 0.3 is 5.97 Å². The Bertz CT molecular complexity index is 615. The van der Waals surface area contributed by atoms with Crippen molar-refractivity contribution in [1.82, 2.24) is 4.90 Å². The van der Waals surface area contributed by atoms with Gasteiger partial charge in [-0.05, 0) is 70.9 Å². The first kappa shape index (κ1) is 48.3. The summed E-state index contributed by atoms with van der Waals surface area (Å²) in [4.78, 5) is 14.6. The Morgan fingerprint density at radius 3 is 1.35 bits per heavy atom. The third kappa shape index (κ3) is 38.4. The SMILES string of the molecule is CCCCCCCCCOC(=O)CCCCCCCN(CCCO)CCCCCCC(OCCCCCCCC)OCCCCCCCC. The van der Waals surface area contributed by atoms with E-state index in [-0.39, 0.29) is 18.9 Å². The molecule has 0 atom stereocenters. The lowest BCUT2D eigenvalue weighted by molar-refractivity contribution is -0.148. The standard InChI is InChI=1S/C43H87NO5/c1-4-7-10-13-16-24-29-39-47-42(46)33-25-18-17-20-27-35-44(37-32-38-45)36-28-21-19-26-34-43(48-40-30-22-14-11-8-5-2)49-41-31-23-15-12-9-6-3/h43,45H,4-41H2,1-3H3. The predicted octanol–water partition coefficient (Wildman–Crippen LogP) is 12.3. The maximum Gasteiger partial charge on any atom is 0.305 e. The van der Waals surface area contributed by atoms with Gasteiger partial charge < -0.3 is 24.2 Å². The molecule has 0 aliphatic rings. The Kier molecular flexibility index (Phi) is 41.1. The minimum absolute atomic E-state index is 0.0157. The molecule has 0 bridgehead atoms. The van der Waals surface area contributed by atoms with Gasteiger partial charge in [0.05, 0.1) is 6.61 Å². The van der Waals surface area contributed by atoms with Crippen LogP contribution in [0.15, 0.2) is 0 Å². The van der Waals surface area contributed by atoms with Gasteiger partial charge in [-0.3, -0.25) is 4.79 Å². The van der Waals surface area contributed by atoms with Crippen LogP contribution in [0.5, 0.6) is 0 Å². The summed E-state index contributed by atoms with van der Waals surface area (Å²) in [7, 11) is 0. The second-order valence-electron chi connectivity index (χ2n) is 14.7. The minimum Gasteiger partial charge on any atom is -0.466 e. The van der Waals surface area contributed by atoms with Gasteiger partial charge in [0.25, 0.3) is 0 Å². The van der Waals surface area contributed by atoms with Crippen molar-refractivity contribution in [3.63, 3.8) is 0 Å². The lowest BCUT2D eigenvalue weighted by Gasteiger charge is -2.22. The summed E-state index contributed by atoms with van der Waals surface area (Å²) >= 11 is 0. The molecule has 0 amide bonds. The van der Waals surface area contributed by atoms with E-state index < -0.39 is 0 Å². The van der Waals surface area contributed by atoms with Crippen LogP contribution in [0.1, 0.15) is 220 Å². The fourth-order valence-electron chi connectivity index (χ4n) is 6.49. The Hall–Kier alpha value is -0.690. The molecule has 0 heterocycles. The summed E-state index contributed by atoms with van der Waals surface area (Å²) < 4.78 is 17.9. The van der Waals surface area contributed by atoms with Crippen LogP contribution in [-0.4, -0.2) is 68.3 Å². The smallest absolute Gasteiger partial charge is 0.305 e. The zero-order valence-electron chi connectivity index (χ0n) is 33.5. The number of aliphatic hydroxyl groups excluding tert-OH is 1. The van der Waals surface area contributed by atoms with E-state index in [0.29, 0.717) is 13.0 Å². The second kappa shape index (κ2) is 41.7. The van der Waals surface area contributed by atoms with Gasteiger partial charge in [0.15, 0.2) is 6.29 Å². The molecule has 0 aliphatic heterocycles. The highest BCUT2D eigenvalue weighted by atomic mass is 16.7. The van der Waals surface area contributed by atoms with E-state index in [1.807, 2.05) is 0 Å². The molecule has 0 aliphatic carbocycles. The zero-order chi connectivity index (χ0) is 35.7. The fourth-order valence-corrected chi connectivity index (χ4v) is 6.49. The van der Waals surface area contributed by atoms with Gasteiger partial charge in [0.2, 0.25) is 0 Å². The number of aliphatic hydroxyl groups is 1. The third-order valence-corrected chi connectivity index (χ3v) is 9.77. The Labute approximate surface area is 306 Å². The number of carbonyl (C=O) groups excluding carboxylic acids is 1. The van der Waals surface area contributed by atoms with E-state index in [0.717, 1.165) is 77.8 Å². The van der Waals surface area contributed by atoms with Crippen LogP contribution in [0.25, 0.3) is 0 Å². The average molecular weight is 698 g/mol. The molecule has 294 valence electrons. The quantitative estimate of drug-likeness (QED) is 0.0389. The molecule has 0 saturated heterocycles. The van der Waals surface area contributed by atoms with E-state index in [9.17, 15) is 9.90 Å². The Morgan fingerprint density at radius 2 is 0.857 bits per heavy atom. The van der Waals surface area contributed by atoms with E-state index in [1.54, 1.807) is 0 Å². The number of rotatable bonds is 42. The van der Waals surface area contributed by atoms with E-state index in [1.165, 1.54) is 148 Å². The fraction of sp³-hybridized carbons (Fsp3) is 0.977. The number of unbranched alkanes of at least 4 members (excludes halogenated alkanes) is 23. The maximum atomic E-state index is 12.0. The first-order valence-corrected chi connectivity index (χ1v) is 21.9. The van der Waals surface area contributed by atoms with Crippen LogP contribution in [0.2, 0.25) is 0 Å². The predicted molar refractivity (Wildman–Crippen MR) is 210 cm³/mol. The molecule has 0 radical (unpaired) electrons. The van der Waals surface area contributed by atoms with Gasteiger partial charge in [-0.15, -0.1) is 0 Å². The monoisotopic (exact) mass is 698 g/mol. The number of esters is 1. The summed E-state index contributed by atoms with van der Waals surface area (Å²) in [5.41, 5.74) is 0. The molecule has 0 unspecified atom stereocenters. The molecule has 6 heteroatoms. The summed E-state index contributed by atoms with van der Waals surface area (Å²) in [6.45, 7) is 12.5. The van der Waals surface area contributed by atoms with Gasteiger partial charge in [0, 0.05) is 32.8 Å². The summed E-state index contributed by atoms with van der Waals surface area (Å²) in [6.07, 6.45) is 37.1. The van der Waals surface area contributed by atoms with Crippen LogP contribution in [-0.2, 0) is 19.0 Å². The number of hydrogen-bond donors (Lipinski definition) is 1. The Balaban J connectivity index is 4.05. The highest BCUT2D eigenvalue weighted by molar-refractivity contribution is 5.69. The molecule has 1 N–H and O–H groups in total. The van der Waals surface area contributed by atoms with Crippen LogP contribution in [0.3, 0.4) is 0 Å². The zero-order valence-corrected chi connectivity index (χ0v) is 33.5. The molecule has 0 rings (SSSR count). The first-order valence-electron chi connectivity index (χ1n) is 21.9. The molecule has 0 aromatic heterocycles. The Morgan fingerprint density at radius 1 is 0.469 bits per heavy atom. The van der Waals surface area contributed by atoms with Crippen molar-refractivity contribution < 1.29 is 24.1 Å². The maximum absolute atomic E-state index is 12.0. The van der Waals surface area contributed by atoms with Crippen molar-refractivity contribution in [3.05, 3.63) is 0 Å². The molecule has 49 heavy (non-hydrogen) atoms. The second-order valence-corrected chi connectivity index (χ2v) is 14.7. The van der Waals surface area contributed by atoms with Crippen molar-refractivity contribution in [2.75, 3.05) is 46.1 Å². The minimum atomic E-state index is -0.0344. The van der Waals surface area contributed by atoms with E-state index in [2.05, 4.69) is 25.7 Å². The van der Waals surface area contributed by atoms with Crippen molar-refractivity contribution in [2.45, 2.75) is 226 Å². The van der Waals surface area contributed by atoms with E-state index >= 15 is 0 Å². The third-order valence-electron chi connectivity index (χ3n) is 9.77. The van der Waals surface area contributed by atoms with E-state index in [4.69, 9.17) is 14.2 Å². The largest absolute Gasteiger partial charge is 0.466 e. The lowest BCUT2D eigenvalue weighted by Crippen LogP contribution is -2.28. The van der Waals surface area contributed by atoms with Crippen LogP contribution < -0.4 is 0 Å². The van der Waals surface area contributed by atoms with Gasteiger partial charge in [-0.1, -0.05) is 156 Å². The van der Waals surface area contributed by atoms with Crippen molar-refractivity contribution in [3.8, 4) is 0 Å². The van der Waals surface area contributed by atoms with Crippen molar-refractivity contribution in [1.29, 1.82) is 0 Å². The van der Waals surface area contributed by atoms with Crippen LogP contribution in [0.4, 0.5) is 0 Å². The highest BCUT2D eigenvalue weighted by Gasteiger charge is 2.10. The van der Waals surface area contributed by atoms with Crippen molar-refractivity contribution in [2.24, 2.45) is 0 Å². The summed E-state index contributed by atoms with van der Waals surface area (Å²) in [6, 6.07) is 0. The molecule has 0 saturated carbocycles. The van der Waals surface area contributed by atoms with Crippen molar-refractivity contribution >= 4 is 5.97 Å². The topological polar surface area (TPSA) is 68.2 Å². The van der Waals surface area contributed by atoms with Gasteiger partial charge in [-0.2, -0.15) is 0 Å². The molecule has 0 aromatic carbocycles. The number of ether oxygens (including phenoxy) is 3.